The Kier molecular flexibility index (Phi) is 6.13. The lowest BCUT2D eigenvalue weighted by molar-refractivity contribution is -0.118. The minimum absolute atomic E-state index is 0.114. The van der Waals surface area contributed by atoms with E-state index in [1.54, 1.807) is 30.3 Å². The van der Waals surface area contributed by atoms with Gasteiger partial charge in [0.15, 0.2) is 11.5 Å². The number of nitrogens with zero attached hydrogens (tertiary/aromatic N) is 2. The van der Waals surface area contributed by atoms with Gasteiger partial charge in [0.1, 0.15) is 5.82 Å². The van der Waals surface area contributed by atoms with Gasteiger partial charge in [0.2, 0.25) is 22.7 Å². The highest BCUT2D eigenvalue weighted by molar-refractivity contribution is 7.89. The molecule has 1 aliphatic carbocycles. The van der Waals surface area contributed by atoms with Gasteiger partial charge in [-0.25, -0.2) is 13.4 Å². The van der Waals surface area contributed by atoms with Gasteiger partial charge < -0.3 is 19.5 Å². The molecule has 3 aromatic rings. The van der Waals surface area contributed by atoms with Gasteiger partial charge in [-0.05, 0) is 68.7 Å². The highest BCUT2D eigenvalue weighted by Gasteiger charge is 2.51. The number of ether oxygens (including phenoxy) is 3. The third-order valence-electron chi connectivity index (χ3n) is 7.27. The zero-order valence-corrected chi connectivity index (χ0v) is 22.0. The van der Waals surface area contributed by atoms with Gasteiger partial charge in [-0.2, -0.15) is 4.31 Å². The standard InChI is InChI=1S/C28H29N3O6S/c1-18-15-31(16-19(2)37-18)38(33,34)22-9-6-20(7-10-22)23-4-3-5-26(29-23)30-27(32)28(12-13-28)21-8-11-24-25(14-21)36-17-35-24/h3-11,14,18-19H,12-13,15-17H2,1-2H3,(H,29,30,32). The first-order chi connectivity index (χ1) is 18.2. The van der Waals surface area contributed by atoms with Gasteiger partial charge in [0, 0.05) is 18.7 Å². The van der Waals surface area contributed by atoms with Crippen molar-refractivity contribution in [3.05, 3.63) is 66.2 Å². The van der Waals surface area contributed by atoms with E-state index in [0.29, 0.717) is 36.1 Å². The van der Waals surface area contributed by atoms with Crippen LogP contribution in [0.15, 0.2) is 65.6 Å². The Hall–Kier alpha value is -3.47. The summed E-state index contributed by atoms with van der Waals surface area (Å²) in [5, 5.41) is 2.97. The van der Waals surface area contributed by atoms with E-state index in [1.165, 1.54) is 4.31 Å². The molecule has 3 heterocycles. The summed E-state index contributed by atoms with van der Waals surface area (Å²) < 4.78 is 44.4. The molecule has 3 aliphatic rings. The van der Waals surface area contributed by atoms with Crippen LogP contribution in [0.25, 0.3) is 11.3 Å². The summed E-state index contributed by atoms with van der Waals surface area (Å²) in [6.07, 6.45) is 1.17. The van der Waals surface area contributed by atoms with Crippen LogP contribution in [0, 0.1) is 0 Å². The summed E-state index contributed by atoms with van der Waals surface area (Å²) in [5.41, 5.74) is 1.67. The third-order valence-corrected chi connectivity index (χ3v) is 9.12. The maximum Gasteiger partial charge on any atom is 0.243 e. The molecular weight excluding hydrogens is 506 g/mol. The Bertz CT molecular complexity index is 1480. The zero-order valence-electron chi connectivity index (χ0n) is 21.2. The van der Waals surface area contributed by atoms with Crippen LogP contribution in [-0.2, 0) is 25.0 Å². The summed E-state index contributed by atoms with van der Waals surface area (Å²) in [6.45, 7) is 4.59. The molecule has 0 bridgehead atoms. The van der Waals surface area contributed by atoms with E-state index in [-0.39, 0.29) is 29.8 Å². The fourth-order valence-electron chi connectivity index (χ4n) is 5.14. The smallest absolute Gasteiger partial charge is 0.243 e. The molecule has 1 saturated heterocycles. The monoisotopic (exact) mass is 535 g/mol. The molecule has 2 aromatic carbocycles. The molecule has 1 saturated carbocycles. The van der Waals surface area contributed by atoms with Gasteiger partial charge in [0.25, 0.3) is 0 Å². The number of rotatable bonds is 6. The van der Waals surface area contributed by atoms with Crippen molar-refractivity contribution in [2.75, 3.05) is 25.2 Å². The van der Waals surface area contributed by atoms with E-state index in [1.807, 2.05) is 44.2 Å². The predicted molar refractivity (Wildman–Crippen MR) is 141 cm³/mol. The number of pyridine rings is 1. The van der Waals surface area contributed by atoms with Crippen LogP contribution in [0.3, 0.4) is 0 Å². The third kappa shape index (κ3) is 4.53. The van der Waals surface area contributed by atoms with E-state index in [4.69, 9.17) is 14.2 Å². The number of hydrogen-bond acceptors (Lipinski definition) is 7. The van der Waals surface area contributed by atoms with Gasteiger partial charge in [-0.3, -0.25) is 4.79 Å². The second-order valence-corrected chi connectivity index (χ2v) is 12.1. The second kappa shape index (κ2) is 9.37. The van der Waals surface area contributed by atoms with Crippen LogP contribution in [0.4, 0.5) is 5.82 Å². The van der Waals surface area contributed by atoms with Gasteiger partial charge in [0.05, 0.1) is 28.2 Å². The van der Waals surface area contributed by atoms with Crippen molar-refractivity contribution in [2.24, 2.45) is 0 Å². The number of aromatic nitrogens is 1. The number of morpholine rings is 1. The molecular formula is C28H29N3O6S. The lowest BCUT2D eigenvalue weighted by Crippen LogP contribution is -2.48. The normalized spacial score (nSPS) is 22.2. The molecule has 2 aliphatic heterocycles. The Balaban J connectivity index is 1.18. The average molecular weight is 536 g/mol. The minimum Gasteiger partial charge on any atom is -0.454 e. The van der Waals surface area contributed by atoms with Crippen molar-refractivity contribution in [3.8, 4) is 22.8 Å². The van der Waals surface area contributed by atoms with Crippen LogP contribution >= 0.6 is 0 Å². The average Bonchev–Trinajstić information content (AvgIpc) is 3.59. The van der Waals surface area contributed by atoms with Crippen molar-refractivity contribution in [3.63, 3.8) is 0 Å². The van der Waals surface area contributed by atoms with Crippen molar-refractivity contribution in [1.82, 2.24) is 9.29 Å². The molecule has 2 unspecified atom stereocenters. The van der Waals surface area contributed by atoms with Gasteiger partial charge in [-0.1, -0.05) is 24.3 Å². The molecule has 6 rings (SSSR count). The quantitative estimate of drug-likeness (QED) is 0.509. The number of benzene rings is 2. The molecule has 9 nitrogen and oxygen atoms in total. The number of nitrogens with one attached hydrogen (secondary N) is 1. The maximum atomic E-state index is 13.3. The van der Waals surface area contributed by atoms with Crippen LogP contribution in [-0.4, -0.2) is 55.7 Å². The van der Waals surface area contributed by atoms with E-state index in [0.717, 1.165) is 24.0 Å². The van der Waals surface area contributed by atoms with E-state index in [9.17, 15) is 13.2 Å². The molecule has 38 heavy (non-hydrogen) atoms. The van der Waals surface area contributed by atoms with E-state index >= 15 is 0 Å². The first-order valence-corrected chi connectivity index (χ1v) is 14.1. The molecule has 0 radical (unpaired) electrons. The number of sulfonamides is 1. The van der Waals surface area contributed by atoms with Crippen molar-refractivity contribution in [1.29, 1.82) is 0 Å². The summed E-state index contributed by atoms with van der Waals surface area (Å²) in [4.78, 5) is 18.1. The van der Waals surface area contributed by atoms with Crippen molar-refractivity contribution < 1.29 is 27.4 Å². The molecule has 0 spiro atoms. The van der Waals surface area contributed by atoms with Crippen LogP contribution in [0.5, 0.6) is 11.5 Å². The SMILES string of the molecule is CC1CN(S(=O)(=O)c2ccc(-c3cccc(NC(=O)C4(c5ccc6c(c5)OCO6)CC4)n3)cc2)CC(C)O1. The number of carbonyl (C=O) groups is 1. The Labute approximate surface area is 221 Å². The minimum atomic E-state index is -3.63. The highest BCUT2D eigenvalue weighted by Crippen LogP contribution is 2.51. The van der Waals surface area contributed by atoms with Crippen molar-refractivity contribution in [2.45, 2.75) is 49.2 Å². The number of hydrogen-bond donors (Lipinski definition) is 1. The van der Waals surface area contributed by atoms with Crippen LogP contribution < -0.4 is 14.8 Å². The van der Waals surface area contributed by atoms with Crippen molar-refractivity contribution >= 4 is 21.7 Å². The number of fused-ring (bicyclic) bond motifs is 1. The molecule has 1 aromatic heterocycles. The molecule has 10 heteroatoms. The van der Waals surface area contributed by atoms with Gasteiger partial charge in [-0.15, -0.1) is 0 Å². The summed E-state index contributed by atoms with van der Waals surface area (Å²) >= 11 is 0. The highest BCUT2D eigenvalue weighted by atomic mass is 32.2. The maximum absolute atomic E-state index is 13.3. The molecule has 2 atom stereocenters. The Morgan fingerprint density at radius 3 is 2.39 bits per heavy atom. The molecule has 2 fully saturated rings. The van der Waals surface area contributed by atoms with E-state index in [2.05, 4.69) is 10.3 Å². The van der Waals surface area contributed by atoms with Crippen LogP contribution in [0.2, 0.25) is 0 Å². The first kappa shape index (κ1) is 24.8. The fourth-order valence-corrected chi connectivity index (χ4v) is 6.73. The topological polar surface area (TPSA) is 107 Å². The lowest BCUT2D eigenvalue weighted by atomic mass is 9.94. The summed E-state index contributed by atoms with van der Waals surface area (Å²) in [7, 11) is -3.63. The lowest BCUT2D eigenvalue weighted by Gasteiger charge is -2.34. The number of amides is 1. The second-order valence-electron chi connectivity index (χ2n) is 10.1. The van der Waals surface area contributed by atoms with Crippen LogP contribution in [0.1, 0.15) is 32.3 Å². The zero-order chi connectivity index (χ0) is 26.5. The molecule has 1 amide bonds. The number of carbonyl (C=O) groups excluding carboxylic acids is 1. The van der Waals surface area contributed by atoms with E-state index < -0.39 is 15.4 Å². The largest absolute Gasteiger partial charge is 0.454 e. The predicted octanol–water partition coefficient (Wildman–Crippen LogP) is 3.95. The fraction of sp³-hybridized carbons (Fsp3) is 0.357. The molecule has 198 valence electrons. The Morgan fingerprint density at radius 2 is 1.68 bits per heavy atom. The van der Waals surface area contributed by atoms with Gasteiger partial charge >= 0.3 is 0 Å². The summed E-state index contributed by atoms with van der Waals surface area (Å²) in [5.74, 6) is 1.67. The number of anilines is 1. The molecule has 1 N–H and O–H groups in total. The summed E-state index contributed by atoms with van der Waals surface area (Å²) in [6, 6.07) is 17.7. The Morgan fingerprint density at radius 1 is 0.974 bits per heavy atom. The first-order valence-electron chi connectivity index (χ1n) is 12.7.